The number of likely N-dealkylation sites (N-methyl/N-ethyl adjacent to an activating group) is 2. The lowest BCUT2D eigenvalue weighted by Crippen LogP contribution is -2.28. The number of rotatable bonds is 9. The van der Waals surface area contributed by atoms with Crippen molar-refractivity contribution in [1.82, 2.24) is 10.2 Å². The Hall–Kier alpha value is -1.10. The summed E-state index contributed by atoms with van der Waals surface area (Å²) in [6.45, 7) is 6.83. The number of methoxy groups -OCH3 is 1. The molecule has 0 aromatic heterocycles. The Labute approximate surface area is 123 Å². The molecule has 0 unspecified atom stereocenters. The lowest BCUT2D eigenvalue weighted by Gasteiger charge is -2.23. The Morgan fingerprint density at radius 3 is 2.50 bits per heavy atom. The summed E-state index contributed by atoms with van der Waals surface area (Å²) in [4.78, 5) is 4.53. The van der Waals surface area contributed by atoms with Crippen LogP contribution in [0.2, 0.25) is 0 Å². The molecule has 0 saturated carbocycles. The van der Waals surface area contributed by atoms with E-state index in [-0.39, 0.29) is 0 Å². The van der Waals surface area contributed by atoms with Crippen molar-refractivity contribution in [3.05, 3.63) is 29.3 Å². The Morgan fingerprint density at radius 2 is 1.90 bits per heavy atom. The molecule has 0 radical (unpaired) electrons. The largest absolute Gasteiger partial charge is 0.383 e. The fourth-order valence-corrected chi connectivity index (χ4v) is 2.13. The summed E-state index contributed by atoms with van der Waals surface area (Å²) in [6, 6.07) is 6.69. The molecule has 0 spiro atoms. The summed E-state index contributed by atoms with van der Waals surface area (Å²) in [5.74, 6) is 0. The zero-order valence-corrected chi connectivity index (χ0v) is 13.6. The van der Waals surface area contributed by atoms with Gasteiger partial charge in [0.2, 0.25) is 0 Å². The molecule has 0 fully saturated rings. The van der Waals surface area contributed by atoms with E-state index in [0.717, 1.165) is 32.8 Å². The van der Waals surface area contributed by atoms with Crippen LogP contribution in [0, 0.1) is 6.92 Å². The third kappa shape index (κ3) is 5.90. The lowest BCUT2D eigenvalue weighted by molar-refractivity contribution is 0.199. The molecule has 1 N–H and O–H groups in total. The maximum atomic E-state index is 5.03. The number of benzene rings is 1. The minimum atomic E-state index is 0.754. The highest BCUT2D eigenvalue weighted by Gasteiger charge is 2.05. The predicted molar refractivity (Wildman–Crippen MR) is 86.6 cm³/mol. The second-order valence-electron chi connectivity index (χ2n) is 5.52. The molecule has 1 rings (SSSR count). The molecular weight excluding hydrogens is 250 g/mol. The second kappa shape index (κ2) is 8.95. The number of hydrogen-bond acceptors (Lipinski definition) is 4. The molecule has 0 heterocycles. The van der Waals surface area contributed by atoms with Gasteiger partial charge in [0.15, 0.2) is 0 Å². The minimum Gasteiger partial charge on any atom is -0.383 e. The number of anilines is 1. The van der Waals surface area contributed by atoms with E-state index in [1.165, 1.54) is 16.8 Å². The standard InChI is InChI=1S/C16H29N3O/c1-14-12-15(13-17-8-11-20-5)6-7-16(14)19(4)10-9-18(2)3/h6-7,12,17H,8-11,13H2,1-5H3. The van der Waals surface area contributed by atoms with Crippen LogP contribution < -0.4 is 10.2 Å². The molecule has 114 valence electrons. The smallest absolute Gasteiger partial charge is 0.0587 e. The predicted octanol–water partition coefficient (Wildman–Crippen LogP) is 1.73. The highest BCUT2D eigenvalue weighted by Crippen LogP contribution is 2.20. The summed E-state index contributed by atoms with van der Waals surface area (Å²) >= 11 is 0. The SMILES string of the molecule is COCCNCc1ccc(N(C)CCN(C)C)c(C)c1. The van der Waals surface area contributed by atoms with Crippen LogP contribution in [-0.4, -0.2) is 59.4 Å². The molecule has 0 amide bonds. The second-order valence-corrected chi connectivity index (χ2v) is 5.52. The highest BCUT2D eigenvalue weighted by atomic mass is 16.5. The van der Waals surface area contributed by atoms with Crippen molar-refractivity contribution in [2.75, 3.05) is 59.4 Å². The summed E-state index contributed by atoms with van der Waals surface area (Å²) in [6.07, 6.45) is 0. The first kappa shape index (κ1) is 17.0. The molecule has 0 saturated heterocycles. The van der Waals surface area contributed by atoms with Crippen molar-refractivity contribution >= 4 is 5.69 Å². The normalized spacial score (nSPS) is 11.1. The maximum absolute atomic E-state index is 5.03. The van der Waals surface area contributed by atoms with Crippen molar-refractivity contribution in [1.29, 1.82) is 0 Å². The third-order valence-corrected chi connectivity index (χ3v) is 3.37. The summed E-state index contributed by atoms with van der Waals surface area (Å²) in [7, 11) is 8.09. The molecule has 0 aliphatic carbocycles. The quantitative estimate of drug-likeness (QED) is 0.697. The van der Waals surface area contributed by atoms with Crippen LogP contribution in [0.1, 0.15) is 11.1 Å². The van der Waals surface area contributed by atoms with Crippen molar-refractivity contribution < 1.29 is 4.74 Å². The van der Waals surface area contributed by atoms with E-state index in [0.29, 0.717) is 0 Å². The first-order valence-electron chi connectivity index (χ1n) is 7.19. The zero-order chi connectivity index (χ0) is 15.0. The number of aryl methyl sites for hydroxylation is 1. The summed E-state index contributed by atoms with van der Waals surface area (Å²) in [5, 5.41) is 3.37. The Kier molecular flexibility index (Phi) is 7.59. The van der Waals surface area contributed by atoms with Gasteiger partial charge in [-0.15, -0.1) is 0 Å². The van der Waals surface area contributed by atoms with E-state index < -0.39 is 0 Å². The molecule has 4 nitrogen and oxygen atoms in total. The van der Waals surface area contributed by atoms with Gasteiger partial charge in [-0.1, -0.05) is 12.1 Å². The van der Waals surface area contributed by atoms with Gasteiger partial charge >= 0.3 is 0 Å². The van der Waals surface area contributed by atoms with Crippen molar-refractivity contribution in [2.24, 2.45) is 0 Å². The first-order chi connectivity index (χ1) is 9.54. The fourth-order valence-electron chi connectivity index (χ4n) is 2.13. The molecule has 0 aliphatic heterocycles. The number of nitrogens with one attached hydrogen (secondary N) is 1. The Balaban J connectivity index is 2.54. The minimum absolute atomic E-state index is 0.754. The lowest BCUT2D eigenvalue weighted by atomic mass is 10.1. The van der Waals surface area contributed by atoms with E-state index >= 15 is 0 Å². The van der Waals surface area contributed by atoms with Gasteiger partial charge in [-0.2, -0.15) is 0 Å². The number of nitrogens with zero attached hydrogens (tertiary/aromatic N) is 2. The van der Waals surface area contributed by atoms with Crippen LogP contribution in [0.4, 0.5) is 5.69 Å². The fraction of sp³-hybridized carbons (Fsp3) is 0.625. The van der Waals surface area contributed by atoms with Crippen LogP contribution in [0.5, 0.6) is 0 Å². The van der Waals surface area contributed by atoms with Gasteiger partial charge in [-0.05, 0) is 38.2 Å². The number of ether oxygens (including phenoxy) is 1. The number of hydrogen-bond donors (Lipinski definition) is 1. The molecular formula is C16H29N3O. The van der Waals surface area contributed by atoms with E-state index in [1.54, 1.807) is 7.11 Å². The van der Waals surface area contributed by atoms with Crippen molar-refractivity contribution in [2.45, 2.75) is 13.5 Å². The van der Waals surface area contributed by atoms with Gasteiger partial charge in [0.25, 0.3) is 0 Å². The van der Waals surface area contributed by atoms with Crippen LogP contribution in [0.3, 0.4) is 0 Å². The first-order valence-corrected chi connectivity index (χ1v) is 7.19. The monoisotopic (exact) mass is 279 g/mol. The average Bonchev–Trinajstić information content (AvgIpc) is 2.41. The molecule has 20 heavy (non-hydrogen) atoms. The Morgan fingerprint density at radius 1 is 1.15 bits per heavy atom. The van der Waals surface area contributed by atoms with Gasteiger partial charge in [-0.25, -0.2) is 0 Å². The highest BCUT2D eigenvalue weighted by molar-refractivity contribution is 5.53. The van der Waals surface area contributed by atoms with Gasteiger partial charge in [0.05, 0.1) is 6.61 Å². The van der Waals surface area contributed by atoms with Crippen molar-refractivity contribution in [3.63, 3.8) is 0 Å². The van der Waals surface area contributed by atoms with Crippen LogP contribution in [0.15, 0.2) is 18.2 Å². The van der Waals surface area contributed by atoms with Gasteiger partial charge in [-0.3, -0.25) is 0 Å². The van der Waals surface area contributed by atoms with Gasteiger partial charge < -0.3 is 19.9 Å². The van der Waals surface area contributed by atoms with Crippen LogP contribution >= 0.6 is 0 Å². The van der Waals surface area contributed by atoms with Crippen molar-refractivity contribution in [3.8, 4) is 0 Å². The maximum Gasteiger partial charge on any atom is 0.0587 e. The molecule has 4 heteroatoms. The van der Waals surface area contributed by atoms with E-state index in [4.69, 9.17) is 4.74 Å². The Bertz CT molecular complexity index is 393. The molecule has 1 aromatic carbocycles. The van der Waals surface area contributed by atoms with E-state index in [2.05, 4.69) is 61.4 Å². The molecule has 0 bridgehead atoms. The average molecular weight is 279 g/mol. The topological polar surface area (TPSA) is 27.7 Å². The molecule has 1 aromatic rings. The summed E-state index contributed by atoms with van der Waals surface area (Å²) in [5.41, 5.74) is 3.97. The zero-order valence-electron chi connectivity index (χ0n) is 13.6. The van der Waals surface area contributed by atoms with Crippen LogP contribution in [0.25, 0.3) is 0 Å². The van der Waals surface area contributed by atoms with Gasteiger partial charge in [0.1, 0.15) is 0 Å². The van der Waals surface area contributed by atoms with Gasteiger partial charge in [0, 0.05) is 46.0 Å². The van der Waals surface area contributed by atoms with E-state index in [9.17, 15) is 0 Å². The van der Waals surface area contributed by atoms with Crippen LogP contribution in [-0.2, 0) is 11.3 Å². The molecule has 0 aliphatic rings. The van der Waals surface area contributed by atoms with E-state index in [1.807, 2.05) is 0 Å². The third-order valence-electron chi connectivity index (χ3n) is 3.37. The molecule has 0 atom stereocenters. The summed E-state index contributed by atoms with van der Waals surface area (Å²) < 4.78 is 5.03.